The summed E-state index contributed by atoms with van der Waals surface area (Å²) in [6.45, 7) is 8.46. The van der Waals surface area contributed by atoms with E-state index in [9.17, 15) is 26.3 Å². The van der Waals surface area contributed by atoms with Crippen LogP contribution in [0.1, 0.15) is 69.5 Å². The molecule has 382 valence electrons. The third-order valence-corrected chi connectivity index (χ3v) is 16.4. The Morgan fingerprint density at radius 3 is 1.08 bits per heavy atom. The number of aryl methyl sites for hydroxylation is 2. The van der Waals surface area contributed by atoms with Gasteiger partial charge < -0.3 is 18.6 Å². The average molecular weight is 1040 g/mol. The van der Waals surface area contributed by atoms with Gasteiger partial charge in [0.05, 0.1) is 27.9 Å². The molecule has 1 spiro atoms. The van der Waals surface area contributed by atoms with E-state index in [-0.39, 0.29) is 0 Å². The Morgan fingerprint density at radius 2 is 0.692 bits per heavy atom. The summed E-state index contributed by atoms with van der Waals surface area (Å²) in [6.07, 6.45) is -9.11. The lowest BCUT2D eigenvalue weighted by Gasteiger charge is -2.47. The monoisotopic (exact) mass is 1040 g/mol. The highest BCUT2D eigenvalue weighted by molar-refractivity contribution is 6.12. The van der Waals surface area contributed by atoms with Gasteiger partial charge in [-0.1, -0.05) is 135 Å². The second kappa shape index (κ2) is 16.7. The molecule has 2 aliphatic rings. The van der Waals surface area contributed by atoms with Crippen molar-refractivity contribution in [2.45, 2.75) is 50.9 Å². The first-order valence-corrected chi connectivity index (χ1v) is 25.8. The van der Waals surface area contributed by atoms with Gasteiger partial charge in [-0.15, -0.1) is 0 Å². The minimum absolute atomic E-state index is 0.459. The fraction of sp³-hybridized carbons (Fsp3) is 0.118. The number of halogens is 6. The highest BCUT2D eigenvalue weighted by Crippen LogP contribution is 2.64. The number of anilines is 6. The van der Waals surface area contributed by atoms with E-state index in [4.69, 9.17) is 8.83 Å². The number of rotatable bonds is 6. The van der Waals surface area contributed by atoms with E-state index >= 15 is 0 Å². The van der Waals surface area contributed by atoms with Crippen molar-refractivity contribution in [1.29, 1.82) is 0 Å². The number of furan rings is 2. The lowest BCUT2D eigenvalue weighted by Crippen LogP contribution is -2.40. The van der Waals surface area contributed by atoms with Gasteiger partial charge in [0.15, 0.2) is 11.2 Å². The minimum atomic E-state index is -4.56. The summed E-state index contributed by atoms with van der Waals surface area (Å²) in [4.78, 5) is 3.96. The number of para-hydroxylation sites is 4. The van der Waals surface area contributed by atoms with E-state index in [1.54, 1.807) is 0 Å². The van der Waals surface area contributed by atoms with Crippen molar-refractivity contribution >= 4 is 78.0 Å². The van der Waals surface area contributed by atoms with Gasteiger partial charge in [0.1, 0.15) is 11.2 Å². The highest BCUT2D eigenvalue weighted by Gasteiger charge is 2.54. The zero-order chi connectivity index (χ0) is 53.6. The SMILES string of the molecule is Cc1cccc2c1oc1c(N(c3ccc(C(F)(F)F)cc3)c3ccc4c(c3)C3(c5cc(N(c6ccc(C(F)(F)F)cc6)c6cccc7c6oc6c(C)cccc67)ccc5-4)c4ccccc4C(C)(C)c4ccccc43)cccc12. The highest BCUT2D eigenvalue weighted by atomic mass is 19.4. The Labute approximate surface area is 445 Å². The molecule has 0 atom stereocenters. The Bertz CT molecular complexity index is 4150. The van der Waals surface area contributed by atoms with E-state index in [0.717, 1.165) is 113 Å². The molecule has 2 aliphatic carbocycles. The Balaban J connectivity index is 1.06. The third-order valence-electron chi connectivity index (χ3n) is 16.4. The van der Waals surface area contributed by atoms with Crippen LogP contribution in [0.4, 0.5) is 60.5 Å². The van der Waals surface area contributed by atoms with Crippen molar-refractivity contribution in [3.05, 3.63) is 262 Å². The smallest absolute Gasteiger partial charge is 0.416 e. The van der Waals surface area contributed by atoms with Crippen LogP contribution in [0.25, 0.3) is 55.0 Å². The molecule has 14 rings (SSSR count). The summed E-state index contributed by atoms with van der Waals surface area (Å²) in [7, 11) is 0. The summed E-state index contributed by atoms with van der Waals surface area (Å²) < 4.78 is 99.3. The van der Waals surface area contributed by atoms with Gasteiger partial charge in [0, 0.05) is 49.7 Å². The fourth-order valence-corrected chi connectivity index (χ4v) is 12.9. The van der Waals surface area contributed by atoms with Gasteiger partial charge in [-0.25, -0.2) is 0 Å². The topological polar surface area (TPSA) is 32.8 Å². The standard InChI is InChI=1S/C68H46F6N2O2/c1-39-13-9-15-49-51-17-11-23-59(63(51)77-61(39)49)75(43-29-25-41(26-30-43)67(69,70)71)45-33-35-47-48-36-34-46(38-58(48)66(57(47)37-45)55-21-7-5-19-53(55)65(3,4)54-20-6-8-22-56(54)66)76(44-31-27-42(28-32-44)68(72,73)74)60-24-12-18-52-50-16-10-14-40(2)62(50)78-64(52)60/h5-38H,1-4H3. The molecule has 10 aromatic carbocycles. The molecule has 0 fully saturated rings. The summed E-state index contributed by atoms with van der Waals surface area (Å²) in [5.74, 6) is 0. The number of benzene rings is 10. The van der Waals surface area contributed by atoms with E-state index < -0.39 is 34.3 Å². The summed E-state index contributed by atoms with van der Waals surface area (Å²) in [6, 6.07) is 63.9. The van der Waals surface area contributed by atoms with Crippen LogP contribution < -0.4 is 9.80 Å². The predicted molar refractivity (Wildman–Crippen MR) is 299 cm³/mol. The van der Waals surface area contributed by atoms with Crippen molar-refractivity contribution < 1.29 is 35.2 Å². The quantitative estimate of drug-likeness (QED) is 0.155. The molecule has 0 N–H and O–H groups in total. The maximum atomic E-state index is 14.3. The molecule has 2 aromatic heterocycles. The molecule has 0 saturated heterocycles. The molecular formula is C68H46F6N2O2. The van der Waals surface area contributed by atoms with E-state index in [2.05, 4.69) is 86.6 Å². The van der Waals surface area contributed by atoms with Gasteiger partial charge in [-0.3, -0.25) is 0 Å². The number of fused-ring (bicyclic) bond motifs is 15. The largest absolute Gasteiger partial charge is 0.454 e. The van der Waals surface area contributed by atoms with Crippen molar-refractivity contribution in [1.82, 2.24) is 0 Å². The third kappa shape index (κ3) is 6.81. The van der Waals surface area contributed by atoms with Gasteiger partial charge in [-0.2, -0.15) is 26.3 Å². The molecule has 12 aromatic rings. The van der Waals surface area contributed by atoms with Crippen LogP contribution in [0, 0.1) is 13.8 Å². The van der Waals surface area contributed by atoms with Gasteiger partial charge in [0.2, 0.25) is 0 Å². The predicted octanol–water partition coefficient (Wildman–Crippen LogP) is 20.1. The molecule has 10 heteroatoms. The molecule has 2 heterocycles. The van der Waals surface area contributed by atoms with Crippen LogP contribution in [0.3, 0.4) is 0 Å². The first-order valence-electron chi connectivity index (χ1n) is 25.8. The van der Waals surface area contributed by atoms with E-state index in [1.165, 1.54) is 24.3 Å². The Morgan fingerprint density at radius 1 is 0.346 bits per heavy atom. The Hall–Kier alpha value is -9.02. The molecule has 0 radical (unpaired) electrons. The van der Waals surface area contributed by atoms with Crippen LogP contribution in [0.15, 0.2) is 215 Å². The number of nitrogens with zero attached hydrogens (tertiary/aromatic N) is 2. The Kier molecular flexibility index (Phi) is 10.2. The number of hydrogen-bond donors (Lipinski definition) is 0. The zero-order valence-corrected chi connectivity index (χ0v) is 42.6. The van der Waals surface area contributed by atoms with Crippen molar-refractivity contribution in [3.8, 4) is 11.1 Å². The maximum Gasteiger partial charge on any atom is 0.416 e. The lowest BCUT2D eigenvalue weighted by molar-refractivity contribution is -0.138. The lowest BCUT2D eigenvalue weighted by atomic mass is 9.55. The van der Waals surface area contributed by atoms with Crippen LogP contribution >= 0.6 is 0 Å². The molecular weight excluding hydrogens is 991 g/mol. The molecule has 78 heavy (non-hydrogen) atoms. The second-order valence-electron chi connectivity index (χ2n) is 21.1. The maximum absolute atomic E-state index is 14.3. The zero-order valence-electron chi connectivity index (χ0n) is 42.6. The summed E-state index contributed by atoms with van der Waals surface area (Å²) in [5.41, 5.74) is 13.3. The number of alkyl halides is 6. The van der Waals surface area contributed by atoms with Gasteiger partial charge in [0.25, 0.3) is 0 Å². The molecule has 0 unspecified atom stereocenters. The van der Waals surface area contributed by atoms with Crippen molar-refractivity contribution in [3.63, 3.8) is 0 Å². The summed E-state index contributed by atoms with van der Waals surface area (Å²) in [5, 5.41) is 3.58. The first kappa shape index (κ1) is 47.4. The minimum Gasteiger partial charge on any atom is -0.454 e. The fourth-order valence-electron chi connectivity index (χ4n) is 12.9. The molecule has 0 saturated carbocycles. The van der Waals surface area contributed by atoms with Crippen molar-refractivity contribution in [2.24, 2.45) is 0 Å². The summed E-state index contributed by atoms with van der Waals surface area (Å²) >= 11 is 0. The van der Waals surface area contributed by atoms with Crippen LogP contribution in [0.2, 0.25) is 0 Å². The normalized spacial score (nSPS) is 14.2. The number of hydrogen-bond acceptors (Lipinski definition) is 4. The van der Waals surface area contributed by atoms with Gasteiger partial charge >= 0.3 is 12.4 Å². The van der Waals surface area contributed by atoms with E-state index in [0.29, 0.717) is 45.3 Å². The second-order valence-corrected chi connectivity index (χ2v) is 21.1. The van der Waals surface area contributed by atoms with Crippen LogP contribution in [-0.4, -0.2) is 0 Å². The molecule has 0 bridgehead atoms. The van der Waals surface area contributed by atoms with Crippen molar-refractivity contribution in [2.75, 3.05) is 9.80 Å². The molecule has 4 nitrogen and oxygen atoms in total. The van der Waals surface area contributed by atoms with Gasteiger partial charge in [-0.05, 0) is 154 Å². The van der Waals surface area contributed by atoms with E-state index in [1.807, 2.05) is 109 Å². The molecule has 0 aliphatic heterocycles. The average Bonchev–Trinajstić information content (AvgIpc) is 3.27. The van der Waals surface area contributed by atoms with Crippen LogP contribution in [-0.2, 0) is 23.2 Å². The van der Waals surface area contributed by atoms with Crippen LogP contribution in [0.5, 0.6) is 0 Å². The first-order chi connectivity index (χ1) is 37.5. The molecule has 0 amide bonds.